The van der Waals surface area contributed by atoms with Gasteiger partial charge in [0.15, 0.2) is 0 Å². The van der Waals surface area contributed by atoms with Crippen molar-refractivity contribution in [2.45, 2.75) is 44.6 Å². The number of rotatable bonds is 6. The molecule has 0 heterocycles. The molecule has 1 aliphatic rings. The van der Waals surface area contributed by atoms with E-state index in [1.54, 1.807) is 36.3 Å². The first kappa shape index (κ1) is 18.3. The van der Waals surface area contributed by atoms with Gasteiger partial charge >= 0.3 is 0 Å². The van der Waals surface area contributed by atoms with Crippen LogP contribution in [0, 0.1) is 0 Å². The Labute approximate surface area is 143 Å². The Morgan fingerprint density at radius 1 is 1.29 bits per heavy atom. The van der Waals surface area contributed by atoms with Gasteiger partial charge in [-0.3, -0.25) is 9.59 Å². The van der Waals surface area contributed by atoms with E-state index in [1.165, 1.54) is 0 Å². The molecule has 3 N–H and O–H groups in total. The Hall–Kier alpha value is -2.08. The van der Waals surface area contributed by atoms with Crippen LogP contribution >= 0.6 is 0 Å². The third-order valence-corrected chi connectivity index (χ3v) is 4.53. The topological polar surface area (TPSA) is 84.7 Å². The molecule has 0 aliphatic heterocycles. The SMILES string of the molecule is CCN(CC(=O)Nc1cccc(OC)c1)C(=O)C1(N)CCCCC1. The van der Waals surface area contributed by atoms with Gasteiger partial charge in [-0.05, 0) is 31.9 Å². The van der Waals surface area contributed by atoms with Crippen LogP contribution in [0.25, 0.3) is 0 Å². The van der Waals surface area contributed by atoms with Gasteiger partial charge in [-0.25, -0.2) is 0 Å². The van der Waals surface area contributed by atoms with E-state index in [4.69, 9.17) is 10.5 Å². The zero-order valence-electron chi connectivity index (χ0n) is 14.5. The number of likely N-dealkylation sites (N-methyl/N-ethyl adjacent to an activating group) is 1. The van der Waals surface area contributed by atoms with Crippen LogP contribution in [0.4, 0.5) is 5.69 Å². The second kappa shape index (κ2) is 8.15. The van der Waals surface area contributed by atoms with E-state index in [0.717, 1.165) is 19.3 Å². The molecule has 1 fully saturated rings. The minimum atomic E-state index is -0.815. The summed E-state index contributed by atoms with van der Waals surface area (Å²) >= 11 is 0. The van der Waals surface area contributed by atoms with Gasteiger partial charge in [-0.1, -0.05) is 25.3 Å². The maximum Gasteiger partial charge on any atom is 0.243 e. The molecular formula is C18H27N3O3. The van der Waals surface area contributed by atoms with Gasteiger partial charge in [0.1, 0.15) is 5.75 Å². The fraction of sp³-hybridized carbons (Fsp3) is 0.556. The maximum atomic E-state index is 12.7. The molecule has 2 amide bonds. The molecule has 0 saturated heterocycles. The van der Waals surface area contributed by atoms with E-state index in [2.05, 4.69) is 5.32 Å². The van der Waals surface area contributed by atoms with E-state index in [9.17, 15) is 9.59 Å². The lowest BCUT2D eigenvalue weighted by molar-refractivity contribution is -0.140. The summed E-state index contributed by atoms with van der Waals surface area (Å²) in [7, 11) is 1.57. The average Bonchev–Trinajstić information content (AvgIpc) is 2.60. The van der Waals surface area contributed by atoms with Crippen LogP contribution in [0.5, 0.6) is 5.75 Å². The van der Waals surface area contributed by atoms with Crippen LogP contribution < -0.4 is 15.8 Å². The van der Waals surface area contributed by atoms with Crippen molar-refractivity contribution < 1.29 is 14.3 Å². The first-order valence-corrected chi connectivity index (χ1v) is 8.50. The Bertz CT molecular complexity index is 583. The van der Waals surface area contributed by atoms with Crippen molar-refractivity contribution in [3.63, 3.8) is 0 Å². The molecule has 1 saturated carbocycles. The van der Waals surface area contributed by atoms with Crippen molar-refractivity contribution in [2.75, 3.05) is 25.5 Å². The Morgan fingerprint density at radius 2 is 2.00 bits per heavy atom. The number of nitrogens with two attached hydrogens (primary N) is 1. The molecule has 2 rings (SSSR count). The van der Waals surface area contributed by atoms with E-state index < -0.39 is 5.54 Å². The van der Waals surface area contributed by atoms with Crippen molar-refractivity contribution in [2.24, 2.45) is 5.73 Å². The van der Waals surface area contributed by atoms with Crippen LogP contribution in [0.15, 0.2) is 24.3 Å². The maximum absolute atomic E-state index is 12.7. The molecule has 132 valence electrons. The summed E-state index contributed by atoms with van der Waals surface area (Å²) in [6.07, 6.45) is 4.44. The molecule has 0 spiro atoms. The predicted octanol–water partition coefficient (Wildman–Crippen LogP) is 2.14. The second-order valence-electron chi connectivity index (χ2n) is 6.32. The summed E-state index contributed by atoms with van der Waals surface area (Å²) in [5, 5.41) is 2.80. The number of amides is 2. The van der Waals surface area contributed by atoms with Gasteiger partial charge in [-0.15, -0.1) is 0 Å². The Morgan fingerprint density at radius 3 is 2.62 bits per heavy atom. The van der Waals surface area contributed by atoms with Crippen LogP contribution in [0.1, 0.15) is 39.0 Å². The van der Waals surface area contributed by atoms with Gasteiger partial charge < -0.3 is 20.7 Å². The number of carbonyl (C=O) groups excluding carboxylic acids is 2. The highest BCUT2D eigenvalue weighted by Gasteiger charge is 2.38. The number of nitrogens with zero attached hydrogens (tertiary/aromatic N) is 1. The van der Waals surface area contributed by atoms with Gasteiger partial charge in [0.05, 0.1) is 19.2 Å². The van der Waals surface area contributed by atoms with E-state index in [0.29, 0.717) is 30.8 Å². The van der Waals surface area contributed by atoms with Gasteiger partial charge in [-0.2, -0.15) is 0 Å². The summed E-state index contributed by atoms with van der Waals surface area (Å²) in [4.78, 5) is 26.6. The van der Waals surface area contributed by atoms with Crippen LogP contribution in [-0.2, 0) is 9.59 Å². The van der Waals surface area contributed by atoms with Crippen molar-refractivity contribution in [1.82, 2.24) is 4.90 Å². The van der Waals surface area contributed by atoms with Gasteiger partial charge in [0.25, 0.3) is 0 Å². The molecular weight excluding hydrogens is 306 g/mol. The number of anilines is 1. The minimum Gasteiger partial charge on any atom is -0.497 e. The fourth-order valence-corrected chi connectivity index (χ4v) is 3.11. The standard InChI is InChI=1S/C18H27N3O3/c1-3-21(17(23)18(19)10-5-4-6-11-18)13-16(22)20-14-8-7-9-15(12-14)24-2/h7-9,12H,3-6,10-11,13,19H2,1-2H3,(H,20,22). The van der Waals surface area contributed by atoms with E-state index in [-0.39, 0.29) is 18.4 Å². The predicted molar refractivity (Wildman–Crippen MR) is 93.9 cm³/mol. The monoisotopic (exact) mass is 333 g/mol. The molecule has 0 bridgehead atoms. The van der Waals surface area contributed by atoms with E-state index in [1.807, 2.05) is 6.92 Å². The van der Waals surface area contributed by atoms with Crippen molar-refractivity contribution in [3.8, 4) is 5.75 Å². The molecule has 1 aromatic carbocycles. The van der Waals surface area contributed by atoms with Crippen LogP contribution in [0.2, 0.25) is 0 Å². The number of nitrogens with one attached hydrogen (secondary N) is 1. The third-order valence-electron chi connectivity index (χ3n) is 4.53. The largest absolute Gasteiger partial charge is 0.497 e. The highest BCUT2D eigenvalue weighted by atomic mass is 16.5. The zero-order chi connectivity index (χ0) is 17.6. The average molecular weight is 333 g/mol. The second-order valence-corrected chi connectivity index (χ2v) is 6.32. The highest BCUT2D eigenvalue weighted by Crippen LogP contribution is 2.27. The Balaban J connectivity index is 1.98. The molecule has 0 radical (unpaired) electrons. The number of benzene rings is 1. The number of carbonyl (C=O) groups is 2. The lowest BCUT2D eigenvalue weighted by Gasteiger charge is -2.36. The fourth-order valence-electron chi connectivity index (χ4n) is 3.11. The summed E-state index contributed by atoms with van der Waals surface area (Å²) in [5.74, 6) is 0.308. The zero-order valence-corrected chi connectivity index (χ0v) is 14.5. The number of hydrogen-bond acceptors (Lipinski definition) is 4. The number of ether oxygens (including phenoxy) is 1. The highest BCUT2D eigenvalue weighted by molar-refractivity contribution is 5.96. The van der Waals surface area contributed by atoms with Crippen molar-refractivity contribution in [1.29, 1.82) is 0 Å². The molecule has 6 nitrogen and oxygen atoms in total. The molecule has 1 aliphatic carbocycles. The molecule has 24 heavy (non-hydrogen) atoms. The summed E-state index contributed by atoms with van der Waals surface area (Å²) < 4.78 is 5.14. The van der Waals surface area contributed by atoms with Crippen molar-refractivity contribution >= 4 is 17.5 Å². The molecule has 0 aromatic heterocycles. The molecule has 0 atom stereocenters. The first-order chi connectivity index (χ1) is 11.5. The normalized spacial score (nSPS) is 16.3. The smallest absolute Gasteiger partial charge is 0.243 e. The van der Waals surface area contributed by atoms with Gasteiger partial charge in [0, 0.05) is 18.3 Å². The van der Waals surface area contributed by atoms with Gasteiger partial charge in [0.2, 0.25) is 11.8 Å². The lowest BCUT2D eigenvalue weighted by atomic mass is 9.81. The molecule has 1 aromatic rings. The van der Waals surface area contributed by atoms with Crippen LogP contribution in [0.3, 0.4) is 0 Å². The summed E-state index contributed by atoms with van der Waals surface area (Å²) in [6.45, 7) is 2.33. The van der Waals surface area contributed by atoms with Crippen molar-refractivity contribution in [3.05, 3.63) is 24.3 Å². The number of methoxy groups -OCH3 is 1. The first-order valence-electron chi connectivity index (χ1n) is 8.50. The third kappa shape index (κ3) is 4.47. The Kier molecular flexibility index (Phi) is 6.20. The quantitative estimate of drug-likeness (QED) is 0.835. The lowest BCUT2D eigenvalue weighted by Crippen LogP contribution is -2.57. The summed E-state index contributed by atoms with van der Waals surface area (Å²) in [5.41, 5.74) is 6.13. The summed E-state index contributed by atoms with van der Waals surface area (Å²) in [6, 6.07) is 7.12. The molecule has 0 unspecified atom stereocenters. The van der Waals surface area contributed by atoms with Crippen LogP contribution in [-0.4, -0.2) is 42.5 Å². The number of hydrogen-bond donors (Lipinski definition) is 2. The molecule has 6 heteroatoms. The van der Waals surface area contributed by atoms with E-state index >= 15 is 0 Å². The minimum absolute atomic E-state index is 0.00545.